The van der Waals surface area contributed by atoms with E-state index in [0.717, 1.165) is 0 Å². The van der Waals surface area contributed by atoms with Gasteiger partial charge in [-0.1, -0.05) is 11.6 Å². The van der Waals surface area contributed by atoms with Crippen molar-refractivity contribution in [3.8, 4) is 0 Å². The molecule has 96 valence electrons. The van der Waals surface area contributed by atoms with Crippen molar-refractivity contribution >= 4 is 33.0 Å². The van der Waals surface area contributed by atoms with Crippen molar-refractivity contribution in [1.29, 1.82) is 0 Å². The summed E-state index contributed by atoms with van der Waals surface area (Å²) in [6, 6.07) is 4.53. The molecule has 2 aromatic rings. The summed E-state index contributed by atoms with van der Waals surface area (Å²) in [5, 5.41) is 6.67. The number of H-pyrrole nitrogens is 1. The van der Waals surface area contributed by atoms with E-state index in [4.69, 9.17) is 17.3 Å². The van der Waals surface area contributed by atoms with Gasteiger partial charge in [-0.15, -0.1) is 0 Å². The molecule has 0 aliphatic heterocycles. The van der Waals surface area contributed by atoms with Crippen molar-refractivity contribution in [3.63, 3.8) is 0 Å². The number of sulfonamides is 1. The van der Waals surface area contributed by atoms with Crippen LogP contribution in [0.1, 0.15) is 5.69 Å². The molecular weight excluding hydrogens is 276 g/mol. The zero-order valence-electron chi connectivity index (χ0n) is 9.44. The highest BCUT2D eigenvalue weighted by molar-refractivity contribution is 7.92. The van der Waals surface area contributed by atoms with Gasteiger partial charge in [-0.3, -0.25) is 9.82 Å². The Morgan fingerprint density at radius 1 is 1.44 bits per heavy atom. The number of anilines is 2. The second-order valence-electron chi connectivity index (χ2n) is 3.70. The molecule has 0 amide bonds. The van der Waals surface area contributed by atoms with E-state index in [0.29, 0.717) is 10.7 Å². The van der Waals surface area contributed by atoms with Crippen molar-refractivity contribution in [2.45, 2.75) is 11.8 Å². The van der Waals surface area contributed by atoms with E-state index < -0.39 is 10.0 Å². The van der Waals surface area contributed by atoms with E-state index in [1.165, 1.54) is 18.3 Å². The van der Waals surface area contributed by atoms with Crippen LogP contribution < -0.4 is 10.5 Å². The molecule has 0 saturated heterocycles. The molecule has 0 bridgehead atoms. The van der Waals surface area contributed by atoms with Crippen LogP contribution in [0, 0.1) is 6.92 Å². The van der Waals surface area contributed by atoms with E-state index in [-0.39, 0.29) is 16.3 Å². The Balaban J connectivity index is 2.37. The first-order valence-corrected chi connectivity index (χ1v) is 6.84. The lowest BCUT2D eigenvalue weighted by molar-refractivity contribution is 0.600. The minimum absolute atomic E-state index is 0.0804. The number of halogens is 1. The monoisotopic (exact) mass is 286 g/mol. The van der Waals surface area contributed by atoms with Gasteiger partial charge in [0.15, 0.2) is 0 Å². The van der Waals surface area contributed by atoms with Crippen molar-refractivity contribution < 1.29 is 8.42 Å². The highest BCUT2D eigenvalue weighted by Crippen LogP contribution is 2.25. The topological polar surface area (TPSA) is 101 Å². The number of aromatic amines is 1. The molecule has 2 rings (SSSR count). The third-order valence-electron chi connectivity index (χ3n) is 2.33. The standard InChI is InChI=1S/C10H11ClN4O2S/c1-6-10(5-13-14-6)18(16,17)15-9-3-2-7(11)4-8(9)12/h2-5,15H,12H2,1H3,(H,13,14). The fourth-order valence-electron chi connectivity index (χ4n) is 1.44. The SMILES string of the molecule is Cc1[nH]ncc1S(=O)(=O)Nc1ccc(Cl)cc1N. The van der Waals surface area contributed by atoms with Gasteiger partial charge in [0.05, 0.1) is 23.3 Å². The molecule has 1 aromatic heterocycles. The number of rotatable bonds is 3. The van der Waals surface area contributed by atoms with E-state index in [1.54, 1.807) is 13.0 Å². The van der Waals surface area contributed by atoms with Gasteiger partial charge in [0.25, 0.3) is 10.0 Å². The van der Waals surface area contributed by atoms with Crippen LogP contribution in [0.3, 0.4) is 0 Å². The van der Waals surface area contributed by atoms with Crippen LogP contribution in [-0.2, 0) is 10.0 Å². The van der Waals surface area contributed by atoms with Gasteiger partial charge in [0.1, 0.15) is 4.90 Å². The molecule has 0 spiro atoms. The zero-order chi connectivity index (χ0) is 13.3. The maximum atomic E-state index is 12.1. The first-order valence-electron chi connectivity index (χ1n) is 4.98. The largest absolute Gasteiger partial charge is 0.397 e. The summed E-state index contributed by atoms with van der Waals surface area (Å²) in [4.78, 5) is 0.0804. The normalized spacial score (nSPS) is 11.4. The van der Waals surface area contributed by atoms with Gasteiger partial charge < -0.3 is 5.73 Å². The highest BCUT2D eigenvalue weighted by Gasteiger charge is 2.19. The van der Waals surface area contributed by atoms with Crippen LogP contribution in [0.2, 0.25) is 5.02 Å². The Kier molecular flexibility index (Phi) is 3.18. The van der Waals surface area contributed by atoms with Crippen LogP contribution in [0.4, 0.5) is 11.4 Å². The van der Waals surface area contributed by atoms with Gasteiger partial charge >= 0.3 is 0 Å². The molecule has 0 aliphatic rings. The quantitative estimate of drug-likeness (QED) is 0.748. The molecule has 1 heterocycles. The first kappa shape index (κ1) is 12.7. The summed E-state index contributed by atoms with van der Waals surface area (Å²) < 4.78 is 26.5. The average Bonchev–Trinajstić information content (AvgIpc) is 2.69. The maximum absolute atomic E-state index is 12.1. The number of nitrogens with one attached hydrogen (secondary N) is 2. The number of hydrogen-bond donors (Lipinski definition) is 3. The minimum atomic E-state index is -3.70. The second-order valence-corrected chi connectivity index (χ2v) is 5.78. The lowest BCUT2D eigenvalue weighted by Gasteiger charge is -2.09. The second kappa shape index (κ2) is 4.51. The van der Waals surface area contributed by atoms with Gasteiger partial charge in [-0.25, -0.2) is 8.42 Å². The number of nitrogen functional groups attached to an aromatic ring is 1. The van der Waals surface area contributed by atoms with E-state index in [1.807, 2.05) is 0 Å². The number of nitrogens with two attached hydrogens (primary N) is 1. The predicted octanol–water partition coefficient (Wildman–Crippen LogP) is 1.75. The molecule has 18 heavy (non-hydrogen) atoms. The van der Waals surface area contributed by atoms with E-state index in [2.05, 4.69) is 14.9 Å². The summed E-state index contributed by atoms with van der Waals surface area (Å²) in [5.74, 6) is 0. The lowest BCUT2D eigenvalue weighted by atomic mass is 10.3. The van der Waals surface area contributed by atoms with Crippen molar-refractivity contribution in [2.24, 2.45) is 0 Å². The third-order valence-corrected chi connectivity index (χ3v) is 4.05. The lowest BCUT2D eigenvalue weighted by Crippen LogP contribution is -2.14. The first-order chi connectivity index (χ1) is 8.40. The highest BCUT2D eigenvalue weighted by atomic mass is 35.5. The molecular formula is C10H11ClN4O2S. The zero-order valence-corrected chi connectivity index (χ0v) is 11.0. The molecule has 0 unspecified atom stereocenters. The third kappa shape index (κ3) is 2.41. The summed E-state index contributed by atoms with van der Waals surface area (Å²) in [6.45, 7) is 1.62. The number of benzene rings is 1. The predicted molar refractivity (Wildman–Crippen MR) is 70.0 cm³/mol. The van der Waals surface area contributed by atoms with E-state index >= 15 is 0 Å². The molecule has 0 saturated carbocycles. The van der Waals surface area contributed by atoms with E-state index in [9.17, 15) is 8.42 Å². The molecule has 1 aromatic carbocycles. The number of aryl methyl sites for hydroxylation is 1. The van der Waals surface area contributed by atoms with Gasteiger partial charge in [0.2, 0.25) is 0 Å². The molecule has 4 N–H and O–H groups in total. The van der Waals surface area contributed by atoms with Crippen molar-refractivity contribution in [2.75, 3.05) is 10.5 Å². The molecule has 0 radical (unpaired) electrons. The molecule has 0 aliphatic carbocycles. The number of aromatic nitrogens is 2. The van der Waals surface area contributed by atoms with Crippen LogP contribution in [0.25, 0.3) is 0 Å². The van der Waals surface area contributed by atoms with Crippen molar-refractivity contribution in [1.82, 2.24) is 10.2 Å². The molecule has 0 fully saturated rings. The molecule has 6 nitrogen and oxygen atoms in total. The minimum Gasteiger partial charge on any atom is -0.397 e. The Labute approximate surface area is 109 Å². The summed E-state index contributed by atoms with van der Waals surface area (Å²) in [5.41, 5.74) is 6.67. The Hall–Kier alpha value is -1.73. The Morgan fingerprint density at radius 2 is 2.17 bits per heavy atom. The van der Waals surface area contributed by atoms with Gasteiger partial charge in [-0.2, -0.15) is 5.10 Å². The number of nitrogens with zero attached hydrogens (tertiary/aromatic N) is 1. The van der Waals surface area contributed by atoms with Crippen LogP contribution in [0.5, 0.6) is 0 Å². The summed E-state index contributed by atoms with van der Waals surface area (Å²) >= 11 is 5.74. The number of hydrogen-bond acceptors (Lipinski definition) is 4. The fraction of sp³-hybridized carbons (Fsp3) is 0.100. The van der Waals surface area contributed by atoms with Gasteiger partial charge in [0, 0.05) is 5.02 Å². The summed E-state index contributed by atoms with van der Waals surface area (Å²) in [6.07, 6.45) is 1.24. The molecule has 0 atom stereocenters. The van der Waals surface area contributed by atoms with Crippen LogP contribution >= 0.6 is 11.6 Å². The van der Waals surface area contributed by atoms with Gasteiger partial charge in [-0.05, 0) is 25.1 Å². The smallest absolute Gasteiger partial charge is 0.265 e. The average molecular weight is 287 g/mol. The maximum Gasteiger partial charge on any atom is 0.265 e. The fourth-order valence-corrected chi connectivity index (χ4v) is 2.84. The Bertz CT molecular complexity index is 681. The molecule has 8 heteroatoms. The van der Waals surface area contributed by atoms with Crippen molar-refractivity contribution in [3.05, 3.63) is 35.1 Å². The summed E-state index contributed by atoms with van der Waals surface area (Å²) in [7, 11) is -3.70. The van der Waals surface area contributed by atoms with Crippen LogP contribution in [-0.4, -0.2) is 18.6 Å². The Morgan fingerprint density at radius 3 is 2.72 bits per heavy atom. The van der Waals surface area contributed by atoms with Crippen LogP contribution in [0.15, 0.2) is 29.3 Å².